The van der Waals surface area contributed by atoms with Gasteiger partial charge in [-0.15, -0.1) is 3.63 Å². The highest BCUT2D eigenvalue weighted by molar-refractivity contribution is 8.00. The fourth-order valence-electron chi connectivity index (χ4n) is 0.284. The molecular formula is CH3FO6S2. The highest BCUT2D eigenvalue weighted by Gasteiger charge is 2.33. The first-order chi connectivity index (χ1) is 3.91. The maximum absolute atomic E-state index is 10.1. The van der Waals surface area contributed by atoms with E-state index in [0.29, 0.717) is 0 Å². The minimum absolute atomic E-state index is 0. The SMILES string of the molecule is F.O=S1(=O)COS(=O)(=O)O1. The van der Waals surface area contributed by atoms with Crippen LogP contribution in [0.1, 0.15) is 0 Å². The van der Waals surface area contributed by atoms with Crippen LogP contribution in [-0.4, -0.2) is 22.8 Å². The van der Waals surface area contributed by atoms with Gasteiger partial charge in [-0.1, -0.05) is 0 Å². The van der Waals surface area contributed by atoms with Crippen LogP contribution in [0.3, 0.4) is 0 Å². The molecule has 0 bridgehead atoms. The van der Waals surface area contributed by atoms with Crippen molar-refractivity contribution in [1.82, 2.24) is 0 Å². The Morgan fingerprint density at radius 2 is 1.60 bits per heavy atom. The van der Waals surface area contributed by atoms with E-state index < -0.39 is 26.5 Å². The second-order valence-electron chi connectivity index (χ2n) is 1.27. The molecule has 0 aromatic carbocycles. The monoisotopic (exact) mass is 194 g/mol. The predicted octanol–water partition coefficient (Wildman–Crippen LogP) is -1.28. The normalized spacial score (nSPS) is 27.2. The van der Waals surface area contributed by atoms with E-state index in [9.17, 15) is 16.8 Å². The standard InChI is InChI=1S/CH2O6S2.FH/c2-8(3)1-6-9(4,5)7-8;/h1H2;1H. The summed E-state index contributed by atoms with van der Waals surface area (Å²) in [7, 11) is -8.21. The van der Waals surface area contributed by atoms with Crippen LogP contribution in [0.25, 0.3) is 0 Å². The van der Waals surface area contributed by atoms with E-state index in [1.807, 2.05) is 0 Å². The van der Waals surface area contributed by atoms with Gasteiger partial charge in [-0.05, 0) is 0 Å². The lowest BCUT2D eigenvalue weighted by Gasteiger charge is -1.81. The number of halogens is 1. The fraction of sp³-hybridized carbons (Fsp3) is 1.00. The second-order valence-corrected chi connectivity index (χ2v) is 4.22. The molecule has 0 amide bonds. The molecule has 0 unspecified atom stereocenters. The maximum Gasteiger partial charge on any atom is 0.415 e. The van der Waals surface area contributed by atoms with Crippen molar-refractivity contribution in [3.63, 3.8) is 0 Å². The summed E-state index contributed by atoms with van der Waals surface area (Å²) in [6, 6.07) is 0. The Bertz CT molecular complexity index is 265. The molecule has 1 aliphatic rings. The summed E-state index contributed by atoms with van der Waals surface area (Å²) >= 11 is 0. The van der Waals surface area contributed by atoms with Crippen LogP contribution in [0.4, 0.5) is 4.70 Å². The largest absolute Gasteiger partial charge is 0.415 e. The highest BCUT2D eigenvalue weighted by atomic mass is 32.3. The van der Waals surface area contributed by atoms with Gasteiger partial charge < -0.3 is 0 Å². The zero-order chi connectivity index (χ0) is 7.12. The van der Waals surface area contributed by atoms with Crippen molar-refractivity contribution in [3.8, 4) is 0 Å². The van der Waals surface area contributed by atoms with Crippen LogP contribution in [0, 0.1) is 0 Å². The molecule has 0 radical (unpaired) electrons. The minimum atomic E-state index is -4.24. The Labute approximate surface area is 56.6 Å². The van der Waals surface area contributed by atoms with Crippen molar-refractivity contribution >= 4 is 20.5 Å². The zero-order valence-electron chi connectivity index (χ0n) is 4.38. The van der Waals surface area contributed by atoms with Gasteiger partial charge in [-0.25, -0.2) is 4.18 Å². The van der Waals surface area contributed by atoms with E-state index in [1.165, 1.54) is 0 Å². The molecule has 1 heterocycles. The van der Waals surface area contributed by atoms with E-state index in [1.54, 1.807) is 0 Å². The van der Waals surface area contributed by atoms with Crippen LogP contribution < -0.4 is 0 Å². The summed E-state index contributed by atoms with van der Waals surface area (Å²) in [6.07, 6.45) is 0. The van der Waals surface area contributed by atoms with Crippen molar-refractivity contribution in [2.45, 2.75) is 0 Å². The molecule has 10 heavy (non-hydrogen) atoms. The summed E-state index contributed by atoms with van der Waals surface area (Å²) in [5.74, 6) is -0.921. The van der Waals surface area contributed by atoms with Crippen molar-refractivity contribution in [3.05, 3.63) is 0 Å². The summed E-state index contributed by atoms with van der Waals surface area (Å²) in [4.78, 5) is 0. The van der Waals surface area contributed by atoms with Crippen molar-refractivity contribution in [2.75, 3.05) is 5.94 Å². The molecule has 1 rings (SSSR count). The predicted molar refractivity (Wildman–Crippen MR) is 27.4 cm³/mol. The van der Waals surface area contributed by atoms with Crippen LogP contribution in [0.15, 0.2) is 0 Å². The lowest BCUT2D eigenvalue weighted by molar-refractivity contribution is 0.360. The van der Waals surface area contributed by atoms with Crippen molar-refractivity contribution in [1.29, 1.82) is 0 Å². The summed E-state index contributed by atoms with van der Waals surface area (Å²) in [5.41, 5.74) is 0. The van der Waals surface area contributed by atoms with E-state index in [2.05, 4.69) is 7.81 Å². The molecule has 1 aliphatic heterocycles. The molecule has 0 atom stereocenters. The van der Waals surface area contributed by atoms with Gasteiger partial charge in [0.2, 0.25) is 0 Å². The van der Waals surface area contributed by atoms with Crippen LogP contribution in [0.5, 0.6) is 0 Å². The van der Waals surface area contributed by atoms with Crippen molar-refractivity contribution in [2.24, 2.45) is 0 Å². The van der Waals surface area contributed by atoms with E-state index in [0.717, 1.165) is 0 Å². The Kier molecular flexibility index (Phi) is 2.36. The third kappa shape index (κ3) is 2.17. The molecule has 0 spiro atoms. The maximum atomic E-state index is 10.1. The highest BCUT2D eigenvalue weighted by Crippen LogP contribution is 2.12. The van der Waals surface area contributed by atoms with Gasteiger partial charge in [0.05, 0.1) is 0 Å². The molecular weight excluding hydrogens is 191 g/mol. The van der Waals surface area contributed by atoms with Gasteiger partial charge in [0.25, 0.3) is 0 Å². The summed E-state index contributed by atoms with van der Waals surface area (Å²) in [6.45, 7) is 0. The summed E-state index contributed by atoms with van der Waals surface area (Å²) in [5, 5.41) is 0. The zero-order valence-corrected chi connectivity index (χ0v) is 6.01. The number of hydrogen-bond acceptors (Lipinski definition) is 6. The summed E-state index contributed by atoms with van der Waals surface area (Å²) < 4.78 is 47.5. The smallest absolute Gasteiger partial charge is 0.269 e. The Balaban J connectivity index is 0.000000810. The quantitative estimate of drug-likeness (QED) is 0.477. The number of hydrogen-bond donors (Lipinski definition) is 0. The van der Waals surface area contributed by atoms with Crippen LogP contribution in [0.2, 0.25) is 0 Å². The third-order valence-electron chi connectivity index (χ3n) is 0.524. The van der Waals surface area contributed by atoms with Gasteiger partial charge in [-0.3, -0.25) is 4.70 Å². The number of rotatable bonds is 0. The van der Waals surface area contributed by atoms with Crippen LogP contribution >= 0.6 is 0 Å². The second kappa shape index (κ2) is 2.42. The first-order valence-electron chi connectivity index (χ1n) is 1.74. The van der Waals surface area contributed by atoms with Gasteiger partial charge in [0, 0.05) is 0 Å². The molecule has 0 N–H and O–H groups in total. The Morgan fingerprint density at radius 3 is 1.70 bits per heavy atom. The molecule has 9 heteroatoms. The molecule has 1 fully saturated rings. The van der Waals surface area contributed by atoms with Gasteiger partial charge in [-0.2, -0.15) is 16.8 Å². The minimum Gasteiger partial charge on any atom is -0.269 e. The molecule has 0 aromatic rings. The van der Waals surface area contributed by atoms with Gasteiger partial charge >= 0.3 is 20.5 Å². The van der Waals surface area contributed by atoms with E-state index in [-0.39, 0.29) is 4.70 Å². The molecule has 0 aliphatic carbocycles. The molecule has 0 aromatic heterocycles. The first kappa shape index (κ1) is 9.75. The molecule has 62 valence electrons. The van der Waals surface area contributed by atoms with Crippen molar-refractivity contribution < 1.29 is 29.4 Å². The first-order valence-corrected chi connectivity index (χ1v) is 4.65. The van der Waals surface area contributed by atoms with E-state index in [4.69, 9.17) is 0 Å². The van der Waals surface area contributed by atoms with Gasteiger partial charge in [0.1, 0.15) is 0 Å². The third-order valence-corrected chi connectivity index (χ3v) is 2.98. The fourth-order valence-corrected chi connectivity index (χ4v) is 2.56. The lowest BCUT2D eigenvalue weighted by Crippen LogP contribution is -1.99. The topological polar surface area (TPSA) is 86.7 Å². The Morgan fingerprint density at radius 1 is 1.10 bits per heavy atom. The molecule has 1 saturated heterocycles. The average Bonchev–Trinajstić information content (AvgIpc) is 1.78. The molecule has 6 nitrogen and oxygen atoms in total. The lowest BCUT2D eigenvalue weighted by atomic mass is 11.7. The molecule has 0 saturated carbocycles. The van der Waals surface area contributed by atoms with Crippen LogP contribution in [-0.2, 0) is 28.3 Å². The van der Waals surface area contributed by atoms with E-state index >= 15 is 0 Å². The van der Waals surface area contributed by atoms with Gasteiger partial charge in [0.15, 0.2) is 5.94 Å². The Hall–Kier alpha value is -0.250. The average molecular weight is 194 g/mol.